The molecular weight excluding hydrogens is 370 g/mol. The van der Waals surface area contributed by atoms with Crippen LogP contribution in [0.3, 0.4) is 0 Å². The van der Waals surface area contributed by atoms with Crippen molar-refractivity contribution in [3.05, 3.63) is 84.9 Å². The standard InChI is InChI=1S/C22H19N3O2S/c26-21(15-20-22(27)23-18-13-7-8-14-19(18)28-20)24-25(16-9-3-1-4-10-16)17-11-5-2-6-12-17/h1-14,20H,15H2,(H,23,27)(H,24,26)/t20-/m0/s1. The van der Waals surface area contributed by atoms with E-state index in [0.29, 0.717) is 0 Å². The van der Waals surface area contributed by atoms with E-state index in [-0.39, 0.29) is 18.2 Å². The molecule has 2 N–H and O–H groups in total. The Bertz CT molecular complexity index is 940. The summed E-state index contributed by atoms with van der Waals surface area (Å²) < 4.78 is 0. The number of thioether (sulfide) groups is 1. The highest BCUT2D eigenvalue weighted by molar-refractivity contribution is 8.01. The van der Waals surface area contributed by atoms with Gasteiger partial charge in [-0.1, -0.05) is 48.5 Å². The van der Waals surface area contributed by atoms with Gasteiger partial charge in [0.2, 0.25) is 11.8 Å². The van der Waals surface area contributed by atoms with Gasteiger partial charge < -0.3 is 5.32 Å². The van der Waals surface area contributed by atoms with E-state index in [1.54, 1.807) is 5.01 Å². The van der Waals surface area contributed by atoms with Crippen molar-refractivity contribution in [1.29, 1.82) is 0 Å². The van der Waals surface area contributed by atoms with E-state index in [0.717, 1.165) is 22.0 Å². The van der Waals surface area contributed by atoms with E-state index in [1.165, 1.54) is 11.8 Å². The monoisotopic (exact) mass is 389 g/mol. The molecule has 0 unspecified atom stereocenters. The lowest BCUT2D eigenvalue weighted by Gasteiger charge is -2.27. The number of carbonyl (C=O) groups is 2. The van der Waals surface area contributed by atoms with Crippen LogP contribution in [0.15, 0.2) is 89.8 Å². The summed E-state index contributed by atoms with van der Waals surface area (Å²) in [5.41, 5.74) is 5.42. The number of rotatable bonds is 5. The highest BCUT2D eigenvalue weighted by atomic mass is 32.2. The predicted molar refractivity (Wildman–Crippen MR) is 112 cm³/mol. The molecule has 5 nitrogen and oxygen atoms in total. The molecule has 2 amide bonds. The van der Waals surface area contributed by atoms with Gasteiger partial charge in [0.05, 0.1) is 22.3 Å². The molecule has 3 aromatic rings. The third-order valence-electron chi connectivity index (χ3n) is 4.34. The van der Waals surface area contributed by atoms with E-state index < -0.39 is 5.25 Å². The first-order valence-corrected chi connectivity index (χ1v) is 9.85. The Morgan fingerprint density at radius 3 is 2.11 bits per heavy atom. The molecule has 4 rings (SSSR count). The average molecular weight is 389 g/mol. The quantitative estimate of drug-likeness (QED) is 0.637. The molecule has 6 heteroatoms. The van der Waals surface area contributed by atoms with Crippen molar-refractivity contribution < 1.29 is 9.59 Å². The number of carbonyl (C=O) groups excluding carboxylic acids is 2. The Hall–Kier alpha value is -3.25. The van der Waals surface area contributed by atoms with E-state index in [9.17, 15) is 9.59 Å². The normalized spacial score (nSPS) is 15.3. The Balaban J connectivity index is 1.50. The van der Waals surface area contributed by atoms with Crippen molar-refractivity contribution in [2.75, 3.05) is 10.3 Å². The van der Waals surface area contributed by atoms with E-state index in [2.05, 4.69) is 10.7 Å². The van der Waals surface area contributed by atoms with Crippen LogP contribution in [0.2, 0.25) is 0 Å². The minimum atomic E-state index is -0.469. The molecule has 0 aromatic heterocycles. The van der Waals surface area contributed by atoms with Crippen molar-refractivity contribution in [1.82, 2.24) is 5.43 Å². The summed E-state index contributed by atoms with van der Waals surface area (Å²) in [6.07, 6.45) is 0.0843. The second-order valence-corrected chi connectivity index (χ2v) is 7.58. The molecular formula is C22H19N3O2S. The maximum absolute atomic E-state index is 12.8. The molecule has 1 aliphatic rings. The number of hydrogen-bond acceptors (Lipinski definition) is 4. The molecule has 0 bridgehead atoms. The van der Waals surface area contributed by atoms with Gasteiger partial charge in [0, 0.05) is 11.3 Å². The number of amides is 2. The third-order valence-corrected chi connectivity index (χ3v) is 5.62. The number of anilines is 3. The molecule has 0 spiro atoms. The maximum Gasteiger partial charge on any atom is 0.240 e. The first-order chi connectivity index (χ1) is 13.7. The molecule has 0 saturated carbocycles. The number of para-hydroxylation sites is 3. The Morgan fingerprint density at radius 2 is 1.46 bits per heavy atom. The lowest BCUT2D eigenvalue weighted by atomic mass is 10.2. The summed E-state index contributed by atoms with van der Waals surface area (Å²) >= 11 is 1.42. The largest absolute Gasteiger partial charge is 0.324 e. The zero-order valence-corrected chi connectivity index (χ0v) is 15.9. The number of nitrogens with zero attached hydrogens (tertiary/aromatic N) is 1. The van der Waals surface area contributed by atoms with E-state index in [1.807, 2.05) is 84.9 Å². The van der Waals surface area contributed by atoms with Crippen molar-refractivity contribution in [3.63, 3.8) is 0 Å². The van der Waals surface area contributed by atoms with Crippen molar-refractivity contribution in [2.45, 2.75) is 16.6 Å². The Kier molecular flexibility index (Phi) is 5.30. The lowest BCUT2D eigenvalue weighted by Crippen LogP contribution is -2.42. The van der Waals surface area contributed by atoms with Crippen molar-refractivity contribution >= 4 is 40.6 Å². The molecule has 3 aromatic carbocycles. The number of benzene rings is 3. The highest BCUT2D eigenvalue weighted by Crippen LogP contribution is 2.36. The van der Waals surface area contributed by atoms with Crippen molar-refractivity contribution in [3.8, 4) is 0 Å². The van der Waals surface area contributed by atoms with Gasteiger partial charge in [0.15, 0.2) is 0 Å². The van der Waals surface area contributed by atoms with Crippen LogP contribution in [0, 0.1) is 0 Å². The zero-order valence-electron chi connectivity index (χ0n) is 15.0. The fourth-order valence-electron chi connectivity index (χ4n) is 3.00. The SMILES string of the molecule is O=C(C[C@@H]1Sc2ccccc2NC1=O)NN(c1ccccc1)c1ccccc1. The van der Waals surface area contributed by atoms with Gasteiger partial charge in [0.25, 0.3) is 0 Å². The minimum Gasteiger partial charge on any atom is -0.324 e. The first kappa shape index (κ1) is 18.1. The lowest BCUT2D eigenvalue weighted by molar-refractivity contribution is -0.124. The molecule has 0 radical (unpaired) electrons. The second-order valence-electron chi connectivity index (χ2n) is 6.34. The van der Waals surface area contributed by atoms with Crippen LogP contribution in [0.4, 0.5) is 17.1 Å². The summed E-state index contributed by atoms with van der Waals surface area (Å²) in [7, 11) is 0. The number of hydrazine groups is 1. The third kappa shape index (κ3) is 4.02. The van der Waals surface area contributed by atoms with Gasteiger partial charge in [-0.2, -0.15) is 0 Å². The van der Waals surface area contributed by atoms with Crippen LogP contribution >= 0.6 is 11.8 Å². The molecule has 140 valence electrons. The van der Waals surface area contributed by atoms with Gasteiger partial charge >= 0.3 is 0 Å². The summed E-state index contributed by atoms with van der Waals surface area (Å²) in [6, 6.07) is 26.8. The minimum absolute atomic E-state index is 0.0843. The van der Waals surface area contributed by atoms with Gasteiger partial charge in [-0.15, -0.1) is 11.8 Å². The topological polar surface area (TPSA) is 61.4 Å². The number of nitrogens with one attached hydrogen (secondary N) is 2. The van der Waals surface area contributed by atoms with Gasteiger partial charge in [0.1, 0.15) is 0 Å². The molecule has 28 heavy (non-hydrogen) atoms. The Labute approximate surface area is 167 Å². The van der Waals surface area contributed by atoms with Gasteiger partial charge in [-0.25, -0.2) is 0 Å². The molecule has 0 fully saturated rings. The molecule has 0 saturated heterocycles. The van der Waals surface area contributed by atoms with E-state index >= 15 is 0 Å². The van der Waals surface area contributed by atoms with Gasteiger partial charge in [-0.05, 0) is 36.4 Å². The van der Waals surface area contributed by atoms with Crippen LogP contribution in [0.1, 0.15) is 6.42 Å². The summed E-state index contributed by atoms with van der Waals surface area (Å²) in [5, 5.41) is 4.15. The molecule has 0 aliphatic carbocycles. The summed E-state index contributed by atoms with van der Waals surface area (Å²) in [6.45, 7) is 0. The summed E-state index contributed by atoms with van der Waals surface area (Å²) in [4.78, 5) is 26.1. The highest BCUT2D eigenvalue weighted by Gasteiger charge is 2.29. The number of fused-ring (bicyclic) bond motifs is 1. The van der Waals surface area contributed by atoms with Gasteiger partial charge in [-0.3, -0.25) is 20.0 Å². The summed E-state index contributed by atoms with van der Waals surface area (Å²) in [5.74, 6) is -0.371. The van der Waals surface area contributed by atoms with Crippen LogP contribution < -0.4 is 15.8 Å². The fraction of sp³-hybridized carbons (Fsp3) is 0.0909. The maximum atomic E-state index is 12.8. The second kappa shape index (κ2) is 8.19. The fourth-order valence-corrected chi connectivity index (χ4v) is 4.11. The van der Waals surface area contributed by atoms with Crippen LogP contribution in [0.5, 0.6) is 0 Å². The van der Waals surface area contributed by atoms with E-state index in [4.69, 9.17) is 0 Å². The number of hydrogen-bond donors (Lipinski definition) is 2. The van der Waals surface area contributed by atoms with Crippen LogP contribution in [-0.4, -0.2) is 17.1 Å². The first-order valence-electron chi connectivity index (χ1n) is 8.97. The zero-order chi connectivity index (χ0) is 19.3. The molecule has 1 heterocycles. The predicted octanol–water partition coefficient (Wildman–Crippen LogP) is 4.36. The smallest absolute Gasteiger partial charge is 0.240 e. The Morgan fingerprint density at radius 1 is 0.893 bits per heavy atom. The van der Waals surface area contributed by atoms with Crippen LogP contribution in [0.25, 0.3) is 0 Å². The molecule has 1 atom stereocenters. The molecule has 1 aliphatic heterocycles. The van der Waals surface area contributed by atoms with Crippen molar-refractivity contribution in [2.24, 2.45) is 0 Å². The average Bonchev–Trinajstić information content (AvgIpc) is 2.74. The van der Waals surface area contributed by atoms with Crippen LogP contribution in [-0.2, 0) is 9.59 Å².